The highest BCUT2D eigenvalue weighted by Gasteiger charge is 2.20. The first-order valence-corrected chi connectivity index (χ1v) is 8.37. The van der Waals surface area contributed by atoms with Crippen molar-refractivity contribution in [3.05, 3.63) is 24.3 Å². The van der Waals surface area contributed by atoms with Crippen LogP contribution in [-0.2, 0) is 14.8 Å². The summed E-state index contributed by atoms with van der Waals surface area (Å²) in [5, 5.41) is 5.84. The molecule has 6 nitrogen and oxygen atoms in total. The van der Waals surface area contributed by atoms with E-state index >= 15 is 0 Å². The zero-order valence-corrected chi connectivity index (χ0v) is 13.1. The molecule has 0 aromatic heterocycles. The van der Waals surface area contributed by atoms with Crippen molar-refractivity contribution in [3.8, 4) is 0 Å². The maximum absolute atomic E-state index is 11.9. The fourth-order valence-electron chi connectivity index (χ4n) is 1.84. The number of anilines is 1. The van der Waals surface area contributed by atoms with Gasteiger partial charge in [0.2, 0.25) is 15.9 Å². The second-order valence-electron chi connectivity index (χ2n) is 5.43. The molecule has 2 N–H and O–H groups in total. The third kappa shape index (κ3) is 4.52. The lowest BCUT2D eigenvalue weighted by Crippen LogP contribution is -2.29. The first-order valence-electron chi connectivity index (χ1n) is 6.93. The van der Waals surface area contributed by atoms with Crippen LogP contribution in [0.4, 0.5) is 5.69 Å². The van der Waals surface area contributed by atoms with Gasteiger partial charge >= 0.3 is 0 Å². The smallest absolute Gasteiger partial charge is 0.242 e. The van der Waals surface area contributed by atoms with Crippen LogP contribution >= 0.6 is 0 Å². The Morgan fingerprint density at radius 2 is 1.86 bits per heavy atom. The Labute approximate surface area is 125 Å². The van der Waals surface area contributed by atoms with Crippen molar-refractivity contribution >= 4 is 21.6 Å². The Kier molecular flexibility index (Phi) is 4.97. The van der Waals surface area contributed by atoms with E-state index in [0.717, 1.165) is 16.8 Å². The van der Waals surface area contributed by atoms with Crippen molar-refractivity contribution in [2.24, 2.45) is 5.92 Å². The minimum atomic E-state index is -3.43. The summed E-state index contributed by atoms with van der Waals surface area (Å²) < 4.78 is 25.0. The summed E-state index contributed by atoms with van der Waals surface area (Å²) in [5.41, 5.74) is 0.589. The number of carbonyl (C=O) groups is 1. The molecule has 1 aromatic rings. The number of carbonyl (C=O) groups excluding carboxylic acids is 1. The molecule has 1 aliphatic rings. The third-order valence-corrected chi connectivity index (χ3v) is 5.16. The summed E-state index contributed by atoms with van der Waals surface area (Å²) in [6.45, 7) is 1.15. The van der Waals surface area contributed by atoms with Gasteiger partial charge in [-0.3, -0.25) is 4.79 Å². The third-order valence-electron chi connectivity index (χ3n) is 3.33. The van der Waals surface area contributed by atoms with Gasteiger partial charge in [-0.25, -0.2) is 12.7 Å². The van der Waals surface area contributed by atoms with E-state index in [2.05, 4.69) is 10.6 Å². The molecule has 0 atom stereocenters. The van der Waals surface area contributed by atoms with Crippen molar-refractivity contribution in [1.29, 1.82) is 0 Å². The first kappa shape index (κ1) is 15.9. The molecule has 1 aliphatic carbocycles. The summed E-state index contributed by atoms with van der Waals surface area (Å²) in [6, 6.07) is 6.16. The molecule has 0 heterocycles. The van der Waals surface area contributed by atoms with Crippen LogP contribution in [0.25, 0.3) is 0 Å². The van der Waals surface area contributed by atoms with E-state index in [9.17, 15) is 13.2 Å². The van der Waals surface area contributed by atoms with Gasteiger partial charge < -0.3 is 10.6 Å². The molecule has 1 aromatic carbocycles. The monoisotopic (exact) mass is 311 g/mol. The Morgan fingerprint density at radius 1 is 1.24 bits per heavy atom. The van der Waals surface area contributed by atoms with Crippen molar-refractivity contribution in [1.82, 2.24) is 9.62 Å². The molecular weight excluding hydrogens is 290 g/mol. The zero-order valence-electron chi connectivity index (χ0n) is 12.3. The second kappa shape index (κ2) is 6.55. The molecule has 1 amide bonds. The molecule has 0 radical (unpaired) electrons. The van der Waals surface area contributed by atoms with E-state index in [1.807, 2.05) is 0 Å². The van der Waals surface area contributed by atoms with Gasteiger partial charge in [0, 0.05) is 19.8 Å². The summed E-state index contributed by atoms with van der Waals surface area (Å²) in [7, 11) is -0.465. The van der Waals surface area contributed by atoms with Crippen LogP contribution in [0.2, 0.25) is 0 Å². The number of benzene rings is 1. The van der Waals surface area contributed by atoms with E-state index < -0.39 is 10.0 Å². The molecule has 0 unspecified atom stereocenters. The van der Waals surface area contributed by atoms with Gasteiger partial charge in [0.05, 0.1) is 11.4 Å². The van der Waals surface area contributed by atoms with Crippen molar-refractivity contribution in [2.75, 3.05) is 32.5 Å². The molecule has 21 heavy (non-hydrogen) atoms. The molecule has 0 aliphatic heterocycles. The van der Waals surface area contributed by atoms with Gasteiger partial charge in [-0.2, -0.15) is 0 Å². The van der Waals surface area contributed by atoms with Crippen molar-refractivity contribution < 1.29 is 13.2 Å². The molecule has 7 heteroatoms. The van der Waals surface area contributed by atoms with Gasteiger partial charge in [-0.05, 0) is 49.6 Å². The van der Waals surface area contributed by atoms with Gasteiger partial charge in [-0.15, -0.1) is 0 Å². The number of hydrogen-bond donors (Lipinski definition) is 2. The highest BCUT2D eigenvalue weighted by Crippen LogP contribution is 2.27. The van der Waals surface area contributed by atoms with E-state index in [1.54, 1.807) is 12.1 Å². The normalized spacial score (nSPS) is 15.2. The predicted molar refractivity (Wildman–Crippen MR) is 81.5 cm³/mol. The van der Waals surface area contributed by atoms with E-state index in [0.29, 0.717) is 5.69 Å². The van der Waals surface area contributed by atoms with Crippen molar-refractivity contribution in [3.63, 3.8) is 0 Å². The predicted octanol–water partition coefficient (Wildman–Crippen LogP) is 0.875. The lowest BCUT2D eigenvalue weighted by atomic mass is 10.3. The largest absolute Gasteiger partial charge is 0.325 e. The Bertz CT molecular complexity index is 592. The molecule has 1 saturated carbocycles. The lowest BCUT2D eigenvalue weighted by molar-refractivity contribution is -0.115. The van der Waals surface area contributed by atoms with Gasteiger partial charge in [0.15, 0.2) is 0 Å². The average molecular weight is 311 g/mol. The van der Waals surface area contributed by atoms with Crippen LogP contribution in [0.3, 0.4) is 0 Å². The maximum atomic E-state index is 11.9. The quantitative estimate of drug-likeness (QED) is 0.783. The van der Waals surface area contributed by atoms with Gasteiger partial charge in [-0.1, -0.05) is 0 Å². The number of rotatable bonds is 7. The fraction of sp³-hybridized carbons (Fsp3) is 0.500. The summed E-state index contributed by atoms with van der Waals surface area (Å²) in [4.78, 5) is 11.9. The molecule has 0 saturated heterocycles. The van der Waals surface area contributed by atoms with E-state index in [4.69, 9.17) is 0 Å². The topological polar surface area (TPSA) is 78.5 Å². The maximum Gasteiger partial charge on any atom is 0.242 e. The second-order valence-corrected chi connectivity index (χ2v) is 7.59. The SMILES string of the molecule is CN(C)S(=O)(=O)c1ccc(NC(=O)CNCC2CC2)cc1. The van der Waals surface area contributed by atoms with E-state index in [1.165, 1.54) is 39.1 Å². The van der Waals surface area contributed by atoms with Crippen molar-refractivity contribution in [2.45, 2.75) is 17.7 Å². The molecule has 1 fully saturated rings. The number of amides is 1. The zero-order chi connectivity index (χ0) is 15.5. The average Bonchev–Trinajstić information content (AvgIpc) is 3.23. The minimum absolute atomic E-state index is 0.126. The van der Waals surface area contributed by atoms with Crippen LogP contribution in [0.15, 0.2) is 29.2 Å². The van der Waals surface area contributed by atoms with Crippen LogP contribution in [-0.4, -0.2) is 45.8 Å². The number of nitrogens with one attached hydrogen (secondary N) is 2. The van der Waals surface area contributed by atoms with Gasteiger partial charge in [0.1, 0.15) is 0 Å². The molecule has 0 spiro atoms. The fourth-order valence-corrected chi connectivity index (χ4v) is 2.74. The highest BCUT2D eigenvalue weighted by molar-refractivity contribution is 7.89. The number of hydrogen-bond acceptors (Lipinski definition) is 4. The standard InChI is InChI=1S/C14H21N3O3S/c1-17(2)21(19,20)13-7-5-12(6-8-13)16-14(18)10-15-9-11-3-4-11/h5-8,11,15H,3-4,9-10H2,1-2H3,(H,16,18). The Balaban J connectivity index is 1.88. The van der Waals surface area contributed by atoms with Crippen LogP contribution in [0, 0.1) is 5.92 Å². The first-order chi connectivity index (χ1) is 9.89. The van der Waals surface area contributed by atoms with Crippen LogP contribution in [0.5, 0.6) is 0 Å². The summed E-state index contributed by atoms with van der Waals surface area (Å²) in [5.74, 6) is 0.604. The Morgan fingerprint density at radius 3 is 2.38 bits per heavy atom. The molecule has 116 valence electrons. The number of sulfonamides is 1. The molecular formula is C14H21N3O3S. The van der Waals surface area contributed by atoms with Gasteiger partial charge in [0.25, 0.3) is 0 Å². The molecule has 2 rings (SSSR count). The summed E-state index contributed by atoms with van der Waals surface area (Å²) >= 11 is 0. The van der Waals surface area contributed by atoms with E-state index in [-0.39, 0.29) is 17.3 Å². The molecule has 0 bridgehead atoms. The van der Waals surface area contributed by atoms with Crippen LogP contribution in [0.1, 0.15) is 12.8 Å². The minimum Gasteiger partial charge on any atom is -0.325 e. The number of nitrogens with zero attached hydrogens (tertiary/aromatic N) is 1. The highest BCUT2D eigenvalue weighted by atomic mass is 32.2. The summed E-state index contributed by atoms with van der Waals surface area (Å²) in [6.07, 6.45) is 2.49. The Hall–Kier alpha value is -1.44. The van der Waals surface area contributed by atoms with Crippen LogP contribution < -0.4 is 10.6 Å². The lowest BCUT2D eigenvalue weighted by Gasteiger charge is -2.12.